The van der Waals surface area contributed by atoms with Crippen LogP contribution in [0.1, 0.15) is 38.4 Å². The zero-order chi connectivity index (χ0) is 17.7. The largest absolute Gasteiger partial charge is 0.345 e. The van der Waals surface area contributed by atoms with Gasteiger partial charge in [0.25, 0.3) is 0 Å². The first kappa shape index (κ1) is 18.9. The van der Waals surface area contributed by atoms with E-state index in [9.17, 15) is 4.79 Å². The molecule has 1 aromatic carbocycles. The van der Waals surface area contributed by atoms with Gasteiger partial charge in [-0.3, -0.25) is 4.79 Å². The number of carbonyl (C=O) groups is 1. The van der Waals surface area contributed by atoms with Crippen molar-refractivity contribution >= 4 is 29.1 Å². The summed E-state index contributed by atoms with van der Waals surface area (Å²) in [5.41, 5.74) is 2.22. The van der Waals surface area contributed by atoms with Gasteiger partial charge in [0.15, 0.2) is 0 Å². The van der Waals surface area contributed by atoms with Crippen molar-refractivity contribution in [3.8, 4) is 0 Å². The molecule has 2 unspecified atom stereocenters. The molecule has 0 saturated carbocycles. The minimum atomic E-state index is -0.518. The maximum absolute atomic E-state index is 12.5. The summed E-state index contributed by atoms with van der Waals surface area (Å²) in [6.07, 6.45) is 2.92. The van der Waals surface area contributed by atoms with Crippen molar-refractivity contribution < 1.29 is 4.79 Å². The van der Waals surface area contributed by atoms with Gasteiger partial charge >= 0.3 is 0 Å². The summed E-state index contributed by atoms with van der Waals surface area (Å²) in [5, 5.41) is 0.212. The lowest BCUT2D eigenvalue weighted by Crippen LogP contribution is -2.41. The fraction of sp³-hybridized carbons (Fsp3) is 0.421. The highest BCUT2D eigenvalue weighted by Crippen LogP contribution is 2.17. The summed E-state index contributed by atoms with van der Waals surface area (Å²) in [5.74, 6) is -0.0264. The van der Waals surface area contributed by atoms with Gasteiger partial charge in [-0.2, -0.15) is 0 Å². The van der Waals surface area contributed by atoms with Gasteiger partial charge in [0.2, 0.25) is 5.91 Å². The van der Waals surface area contributed by atoms with Crippen LogP contribution in [0.3, 0.4) is 0 Å². The van der Waals surface area contributed by atoms with Gasteiger partial charge in [0.05, 0.1) is 6.54 Å². The van der Waals surface area contributed by atoms with E-state index in [-0.39, 0.29) is 11.9 Å². The summed E-state index contributed by atoms with van der Waals surface area (Å²) in [6, 6.07) is 12.0. The molecule has 24 heavy (non-hydrogen) atoms. The molecule has 0 radical (unpaired) electrons. The van der Waals surface area contributed by atoms with Gasteiger partial charge in [-0.05, 0) is 50.1 Å². The molecule has 0 saturated heterocycles. The SMILES string of the molecule is CCC(C)N(Cc1cccn1Cc1cccc(Cl)c1)C(=O)C(C)Cl. The van der Waals surface area contributed by atoms with Crippen molar-refractivity contribution in [2.75, 3.05) is 0 Å². The van der Waals surface area contributed by atoms with Crippen LogP contribution in [-0.2, 0) is 17.9 Å². The number of alkyl halides is 1. The Bertz CT molecular complexity index is 682. The number of halogens is 2. The Morgan fingerprint density at radius 3 is 2.62 bits per heavy atom. The molecule has 0 aliphatic rings. The molecule has 3 nitrogen and oxygen atoms in total. The number of rotatable bonds is 7. The van der Waals surface area contributed by atoms with E-state index in [4.69, 9.17) is 23.2 Å². The Labute approximate surface area is 154 Å². The Morgan fingerprint density at radius 1 is 1.25 bits per heavy atom. The van der Waals surface area contributed by atoms with Crippen molar-refractivity contribution in [1.29, 1.82) is 0 Å². The highest BCUT2D eigenvalue weighted by Gasteiger charge is 2.23. The van der Waals surface area contributed by atoms with E-state index in [1.165, 1.54) is 0 Å². The normalized spacial score (nSPS) is 13.5. The molecule has 0 N–H and O–H groups in total. The van der Waals surface area contributed by atoms with Crippen LogP contribution in [0.4, 0.5) is 0 Å². The molecule has 0 fully saturated rings. The third kappa shape index (κ3) is 4.78. The van der Waals surface area contributed by atoms with E-state index in [2.05, 4.69) is 18.4 Å². The number of aromatic nitrogens is 1. The minimum Gasteiger partial charge on any atom is -0.345 e. The first-order chi connectivity index (χ1) is 11.4. The van der Waals surface area contributed by atoms with Crippen LogP contribution >= 0.6 is 23.2 Å². The quantitative estimate of drug-likeness (QED) is 0.636. The standard InChI is InChI=1S/C19H24Cl2N2O/c1-4-14(2)23(19(24)15(3)20)13-18-9-6-10-22(18)12-16-7-5-8-17(21)11-16/h5-11,14-15H,4,12-13H2,1-3H3. The van der Waals surface area contributed by atoms with Crippen molar-refractivity contribution in [2.45, 2.75) is 51.7 Å². The molecule has 130 valence electrons. The second-order valence-electron chi connectivity index (χ2n) is 6.10. The molecule has 1 amide bonds. The third-order valence-electron chi connectivity index (χ3n) is 4.24. The molecule has 5 heteroatoms. The molecule has 1 heterocycles. The number of amides is 1. The molecule has 2 rings (SSSR count). The molecule has 0 aliphatic carbocycles. The molecular weight excluding hydrogens is 343 g/mol. The molecule has 0 spiro atoms. The topological polar surface area (TPSA) is 25.2 Å². The Morgan fingerprint density at radius 2 is 2.00 bits per heavy atom. The second kappa shape index (κ2) is 8.59. The van der Waals surface area contributed by atoms with Crippen molar-refractivity contribution in [2.24, 2.45) is 0 Å². The highest BCUT2D eigenvalue weighted by atomic mass is 35.5. The van der Waals surface area contributed by atoms with Gasteiger partial charge in [0.1, 0.15) is 5.38 Å². The van der Waals surface area contributed by atoms with Crippen molar-refractivity contribution in [1.82, 2.24) is 9.47 Å². The smallest absolute Gasteiger partial charge is 0.240 e. The number of nitrogens with zero attached hydrogens (tertiary/aromatic N) is 2. The molecule has 1 aromatic heterocycles. The van der Waals surface area contributed by atoms with E-state index >= 15 is 0 Å². The van der Waals surface area contributed by atoms with Crippen LogP contribution in [0.15, 0.2) is 42.6 Å². The zero-order valence-electron chi connectivity index (χ0n) is 14.4. The molecule has 0 bridgehead atoms. The molecule has 0 aliphatic heterocycles. The Kier molecular flexibility index (Phi) is 6.76. The Hall–Kier alpha value is -1.45. The third-order valence-corrected chi connectivity index (χ3v) is 4.67. The molecule has 2 aromatic rings. The van der Waals surface area contributed by atoms with E-state index < -0.39 is 5.38 Å². The zero-order valence-corrected chi connectivity index (χ0v) is 15.9. The monoisotopic (exact) mass is 366 g/mol. The van der Waals surface area contributed by atoms with Crippen LogP contribution in [0.5, 0.6) is 0 Å². The van der Waals surface area contributed by atoms with Crippen LogP contribution in [0.25, 0.3) is 0 Å². The summed E-state index contributed by atoms with van der Waals surface area (Å²) in [7, 11) is 0. The minimum absolute atomic E-state index is 0.0264. The second-order valence-corrected chi connectivity index (χ2v) is 7.19. The average molecular weight is 367 g/mol. The fourth-order valence-electron chi connectivity index (χ4n) is 2.65. The summed E-state index contributed by atoms with van der Waals surface area (Å²) < 4.78 is 2.15. The van der Waals surface area contributed by atoms with Crippen LogP contribution in [0, 0.1) is 0 Å². The van der Waals surface area contributed by atoms with E-state index in [1.807, 2.05) is 47.5 Å². The fourth-order valence-corrected chi connectivity index (χ4v) is 2.99. The predicted molar refractivity (Wildman–Crippen MR) is 101 cm³/mol. The number of hydrogen-bond acceptors (Lipinski definition) is 1. The predicted octanol–water partition coefficient (Wildman–Crippen LogP) is 4.94. The first-order valence-electron chi connectivity index (χ1n) is 8.25. The number of carbonyl (C=O) groups excluding carboxylic acids is 1. The summed E-state index contributed by atoms with van der Waals surface area (Å²) >= 11 is 12.1. The summed E-state index contributed by atoms with van der Waals surface area (Å²) in [6.45, 7) is 7.14. The first-order valence-corrected chi connectivity index (χ1v) is 9.06. The van der Waals surface area contributed by atoms with E-state index in [0.717, 1.165) is 29.2 Å². The molecule has 2 atom stereocenters. The number of hydrogen-bond donors (Lipinski definition) is 0. The van der Waals surface area contributed by atoms with E-state index in [0.29, 0.717) is 6.54 Å². The Balaban J connectivity index is 2.20. The van der Waals surface area contributed by atoms with Crippen molar-refractivity contribution in [3.63, 3.8) is 0 Å². The van der Waals surface area contributed by atoms with Gasteiger partial charge < -0.3 is 9.47 Å². The van der Waals surface area contributed by atoms with Gasteiger partial charge in [-0.15, -0.1) is 11.6 Å². The van der Waals surface area contributed by atoms with Gasteiger partial charge in [-0.25, -0.2) is 0 Å². The van der Waals surface area contributed by atoms with Crippen LogP contribution in [0.2, 0.25) is 5.02 Å². The maximum Gasteiger partial charge on any atom is 0.240 e. The van der Waals surface area contributed by atoms with E-state index in [1.54, 1.807) is 6.92 Å². The van der Waals surface area contributed by atoms with Gasteiger partial charge in [0, 0.05) is 29.5 Å². The lowest BCUT2D eigenvalue weighted by molar-refractivity contribution is -0.133. The molecular formula is C19H24Cl2N2O. The average Bonchev–Trinajstić information content (AvgIpc) is 2.98. The number of benzene rings is 1. The van der Waals surface area contributed by atoms with Crippen LogP contribution < -0.4 is 0 Å². The summed E-state index contributed by atoms with van der Waals surface area (Å²) in [4.78, 5) is 14.3. The van der Waals surface area contributed by atoms with Crippen LogP contribution in [-0.4, -0.2) is 26.8 Å². The van der Waals surface area contributed by atoms with Gasteiger partial charge in [-0.1, -0.05) is 30.7 Å². The lowest BCUT2D eigenvalue weighted by atomic mass is 10.2. The highest BCUT2D eigenvalue weighted by molar-refractivity contribution is 6.30. The maximum atomic E-state index is 12.5. The van der Waals surface area contributed by atoms with Crippen molar-refractivity contribution in [3.05, 3.63) is 58.9 Å². The lowest BCUT2D eigenvalue weighted by Gasteiger charge is -2.30.